The molecule has 0 atom stereocenters. The van der Waals surface area contributed by atoms with Crippen molar-refractivity contribution in [3.8, 4) is 5.75 Å². The van der Waals surface area contributed by atoms with Gasteiger partial charge in [-0.05, 0) is 65.1 Å². The second-order valence-electron chi connectivity index (χ2n) is 3.35. The first-order chi connectivity index (χ1) is 8.19. The molecule has 0 saturated heterocycles. The molecule has 0 aliphatic rings. The fourth-order valence-corrected chi connectivity index (χ4v) is 3.78. The first kappa shape index (κ1) is 13.2. The largest absolute Gasteiger partial charge is 0.497 e. The molecule has 0 fully saturated rings. The van der Waals surface area contributed by atoms with E-state index < -0.39 is 0 Å². The number of benzene rings is 2. The highest BCUT2D eigenvalue weighted by Crippen LogP contribution is 2.33. The van der Waals surface area contributed by atoms with Gasteiger partial charge in [0.25, 0.3) is 0 Å². The second-order valence-corrected chi connectivity index (χ2v) is 6.55. The summed E-state index contributed by atoms with van der Waals surface area (Å²) in [6.45, 7) is 0. The topological polar surface area (TPSA) is 9.23 Å². The van der Waals surface area contributed by atoms with Crippen LogP contribution in [0.2, 0.25) is 0 Å². The van der Waals surface area contributed by atoms with E-state index in [1.54, 1.807) is 18.9 Å². The van der Waals surface area contributed by atoms with E-state index >= 15 is 0 Å². The summed E-state index contributed by atoms with van der Waals surface area (Å²) in [5, 5.41) is 0. The van der Waals surface area contributed by atoms with Gasteiger partial charge in [-0.15, -0.1) is 0 Å². The number of rotatable bonds is 3. The third-order valence-corrected chi connectivity index (χ3v) is 5.02. The summed E-state index contributed by atoms with van der Waals surface area (Å²) >= 11 is 7.58. The maximum absolute atomic E-state index is 5.14. The predicted octanol–water partition coefficient (Wildman–Crippen LogP) is 5.21. The number of hydrogen-bond donors (Lipinski definition) is 0. The Morgan fingerprint density at radius 2 is 1.82 bits per heavy atom. The molecule has 2 aromatic carbocycles. The monoisotopic (exact) mass is 420 g/mol. The van der Waals surface area contributed by atoms with Crippen LogP contribution >= 0.6 is 50.3 Å². The normalized spacial score (nSPS) is 10.3. The third kappa shape index (κ3) is 3.63. The van der Waals surface area contributed by atoms with Crippen LogP contribution in [0.4, 0.5) is 0 Å². The van der Waals surface area contributed by atoms with Crippen LogP contribution in [0.1, 0.15) is 0 Å². The standard InChI is InChI=1S/C13H10BrIOS/c1-16-10-3-5-11(6-4-10)17-13-7-2-9(14)8-12(13)15/h2-8H,1H3. The quantitative estimate of drug-likeness (QED) is 0.630. The first-order valence-electron chi connectivity index (χ1n) is 4.96. The molecule has 0 bridgehead atoms. The minimum absolute atomic E-state index is 0.889. The minimum atomic E-state index is 0.889. The molecular formula is C13H10BrIOS. The number of methoxy groups -OCH3 is 1. The number of hydrogen-bond acceptors (Lipinski definition) is 2. The lowest BCUT2D eigenvalue weighted by Crippen LogP contribution is -1.82. The molecule has 0 N–H and O–H groups in total. The molecule has 1 nitrogen and oxygen atoms in total. The van der Waals surface area contributed by atoms with Crippen molar-refractivity contribution >= 4 is 50.3 Å². The van der Waals surface area contributed by atoms with Crippen molar-refractivity contribution < 1.29 is 4.74 Å². The summed E-state index contributed by atoms with van der Waals surface area (Å²) < 4.78 is 7.50. The molecule has 0 aliphatic carbocycles. The SMILES string of the molecule is COc1ccc(Sc2ccc(Br)cc2I)cc1. The first-order valence-corrected chi connectivity index (χ1v) is 7.65. The maximum atomic E-state index is 5.14. The molecular weight excluding hydrogens is 411 g/mol. The van der Waals surface area contributed by atoms with Gasteiger partial charge < -0.3 is 4.74 Å². The van der Waals surface area contributed by atoms with Crippen molar-refractivity contribution in [3.05, 3.63) is 50.5 Å². The summed E-state index contributed by atoms with van der Waals surface area (Å²) in [7, 11) is 1.68. The average Bonchev–Trinajstić information content (AvgIpc) is 2.34. The van der Waals surface area contributed by atoms with Crippen molar-refractivity contribution in [2.75, 3.05) is 7.11 Å². The predicted molar refractivity (Wildman–Crippen MR) is 84.0 cm³/mol. The molecule has 2 aromatic rings. The fourth-order valence-electron chi connectivity index (χ4n) is 1.33. The number of halogens is 2. The van der Waals surface area contributed by atoms with E-state index in [0.29, 0.717) is 0 Å². The van der Waals surface area contributed by atoms with Gasteiger partial charge in [0.05, 0.1) is 7.11 Å². The van der Waals surface area contributed by atoms with E-state index in [9.17, 15) is 0 Å². The Morgan fingerprint density at radius 1 is 1.12 bits per heavy atom. The van der Waals surface area contributed by atoms with Crippen LogP contribution in [0.3, 0.4) is 0 Å². The average molecular weight is 421 g/mol. The van der Waals surface area contributed by atoms with Gasteiger partial charge in [0.2, 0.25) is 0 Å². The zero-order valence-corrected chi connectivity index (χ0v) is 13.7. The van der Waals surface area contributed by atoms with E-state index in [-0.39, 0.29) is 0 Å². The van der Waals surface area contributed by atoms with Crippen LogP contribution in [-0.4, -0.2) is 7.11 Å². The lowest BCUT2D eigenvalue weighted by atomic mass is 10.3. The summed E-state index contributed by atoms with van der Waals surface area (Å²) in [5.74, 6) is 0.889. The molecule has 0 unspecified atom stereocenters. The summed E-state index contributed by atoms with van der Waals surface area (Å²) in [6.07, 6.45) is 0. The van der Waals surface area contributed by atoms with Crippen LogP contribution in [0.15, 0.2) is 56.7 Å². The second kappa shape index (κ2) is 6.11. The van der Waals surface area contributed by atoms with E-state index in [1.165, 1.54) is 13.4 Å². The van der Waals surface area contributed by atoms with Gasteiger partial charge in [0.15, 0.2) is 0 Å². The van der Waals surface area contributed by atoms with Crippen molar-refractivity contribution in [1.29, 1.82) is 0 Å². The van der Waals surface area contributed by atoms with E-state index in [2.05, 4.69) is 68.9 Å². The van der Waals surface area contributed by atoms with Crippen molar-refractivity contribution in [2.24, 2.45) is 0 Å². The highest BCUT2D eigenvalue weighted by molar-refractivity contribution is 14.1. The van der Waals surface area contributed by atoms with Crippen LogP contribution in [0.25, 0.3) is 0 Å². The molecule has 0 radical (unpaired) electrons. The Labute approximate surface area is 127 Å². The highest BCUT2D eigenvalue weighted by atomic mass is 127. The zero-order chi connectivity index (χ0) is 12.3. The Bertz CT molecular complexity index is 513. The fraction of sp³-hybridized carbons (Fsp3) is 0.0769. The molecule has 0 aromatic heterocycles. The zero-order valence-electron chi connectivity index (χ0n) is 9.11. The van der Waals surface area contributed by atoms with Gasteiger partial charge in [-0.25, -0.2) is 0 Å². The lowest BCUT2D eigenvalue weighted by molar-refractivity contribution is 0.414. The van der Waals surface area contributed by atoms with Crippen molar-refractivity contribution in [3.63, 3.8) is 0 Å². The smallest absolute Gasteiger partial charge is 0.118 e. The molecule has 17 heavy (non-hydrogen) atoms. The van der Waals surface area contributed by atoms with Crippen LogP contribution in [0.5, 0.6) is 5.75 Å². The Kier molecular flexibility index (Phi) is 4.76. The summed E-state index contributed by atoms with van der Waals surface area (Å²) in [5.41, 5.74) is 0. The highest BCUT2D eigenvalue weighted by Gasteiger charge is 2.03. The number of ether oxygens (including phenoxy) is 1. The molecule has 88 valence electrons. The van der Waals surface area contributed by atoms with E-state index in [0.717, 1.165) is 10.2 Å². The Morgan fingerprint density at radius 3 is 2.41 bits per heavy atom. The van der Waals surface area contributed by atoms with Gasteiger partial charge >= 0.3 is 0 Å². The lowest BCUT2D eigenvalue weighted by Gasteiger charge is -2.06. The Hall–Kier alpha value is -0.200. The van der Waals surface area contributed by atoms with Crippen LogP contribution in [-0.2, 0) is 0 Å². The van der Waals surface area contributed by atoms with E-state index in [1.807, 2.05) is 12.1 Å². The van der Waals surface area contributed by atoms with Crippen LogP contribution < -0.4 is 4.74 Å². The van der Waals surface area contributed by atoms with Crippen molar-refractivity contribution in [2.45, 2.75) is 9.79 Å². The van der Waals surface area contributed by atoms with Gasteiger partial charge in [0.1, 0.15) is 5.75 Å². The summed E-state index contributed by atoms with van der Waals surface area (Å²) in [6, 6.07) is 14.4. The van der Waals surface area contributed by atoms with Gasteiger partial charge in [-0.3, -0.25) is 0 Å². The minimum Gasteiger partial charge on any atom is -0.497 e. The van der Waals surface area contributed by atoms with Crippen molar-refractivity contribution in [1.82, 2.24) is 0 Å². The molecule has 0 saturated carbocycles. The maximum Gasteiger partial charge on any atom is 0.118 e. The summed E-state index contributed by atoms with van der Waals surface area (Å²) in [4.78, 5) is 2.48. The third-order valence-electron chi connectivity index (χ3n) is 2.18. The molecule has 0 heterocycles. The molecule has 4 heteroatoms. The molecule has 0 amide bonds. The van der Waals surface area contributed by atoms with Gasteiger partial charge in [-0.1, -0.05) is 27.7 Å². The van der Waals surface area contributed by atoms with Crippen LogP contribution in [0, 0.1) is 3.57 Å². The van der Waals surface area contributed by atoms with Gasteiger partial charge in [-0.2, -0.15) is 0 Å². The molecule has 0 spiro atoms. The molecule has 2 rings (SSSR count). The Balaban J connectivity index is 2.19. The van der Waals surface area contributed by atoms with E-state index in [4.69, 9.17) is 4.74 Å². The molecule has 0 aliphatic heterocycles. The van der Waals surface area contributed by atoms with Gasteiger partial charge in [0, 0.05) is 17.8 Å².